The highest BCUT2D eigenvalue weighted by atomic mass is 31.2. The predicted octanol–water partition coefficient (Wildman–Crippen LogP) is 1.73. The topological polar surface area (TPSA) is 151 Å². The van der Waals surface area contributed by atoms with Crippen LogP contribution < -0.4 is 0 Å². The first kappa shape index (κ1) is 19.4. The summed E-state index contributed by atoms with van der Waals surface area (Å²) in [6.45, 7) is 1.68. The third-order valence-corrected chi connectivity index (χ3v) is 4.48. The maximum atomic E-state index is 11.2. The molecule has 2 atom stereocenters. The van der Waals surface area contributed by atoms with Crippen LogP contribution in [0, 0.1) is 5.92 Å². The molecule has 0 aliphatic heterocycles. The van der Waals surface area contributed by atoms with Crippen LogP contribution in [0.15, 0.2) is 53.0 Å². The Morgan fingerprint density at radius 2 is 1.96 bits per heavy atom. The van der Waals surface area contributed by atoms with Gasteiger partial charge in [-0.05, 0) is 36.3 Å². The van der Waals surface area contributed by atoms with Gasteiger partial charge in [0.15, 0.2) is 5.79 Å². The fourth-order valence-electron chi connectivity index (χ4n) is 2.99. The van der Waals surface area contributed by atoms with Crippen LogP contribution in [0.3, 0.4) is 0 Å². The van der Waals surface area contributed by atoms with E-state index in [4.69, 9.17) is 9.79 Å². The van der Waals surface area contributed by atoms with E-state index in [2.05, 4.69) is 4.76 Å². The highest BCUT2D eigenvalue weighted by Gasteiger charge is 2.47. The number of allylic oxidation sites excluding steroid dienone is 3. The number of rotatable bonds is 5. The maximum absolute atomic E-state index is 11.2. The lowest BCUT2D eigenvalue weighted by atomic mass is 9.76. The van der Waals surface area contributed by atoms with E-state index in [9.17, 15) is 25.0 Å². The molecular formula is C16H20NO7P. The molecule has 8 nitrogen and oxygen atoms in total. The van der Waals surface area contributed by atoms with Gasteiger partial charge in [0.2, 0.25) is 0 Å². The van der Waals surface area contributed by atoms with Gasteiger partial charge in [0.05, 0.1) is 5.71 Å². The molecule has 0 heterocycles. The van der Waals surface area contributed by atoms with Crippen molar-refractivity contribution in [3.63, 3.8) is 0 Å². The molecule has 0 amide bonds. The number of aliphatic hydroxyl groups excluding tert-OH is 1. The van der Waals surface area contributed by atoms with E-state index in [1.54, 1.807) is 13.0 Å². The number of nitrogens with zero attached hydrogens (tertiary/aromatic N) is 1. The lowest BCUT2D eigenvalue weighted by Crippen LogP contribution is -2.48. The van der Waals surface area contributed by atoms with Crippen molar-refractivity contribution in [2.45, 2.75) is 25.0 Å². The van der Waals surface area contributed by atoms with Crippen LogP contribution in [0.5, 0.6) is 5.75 Å². The van der Waals surface area contributed by atoms with E-state index in [1.165, 1.54) is 36.4 Å². The van der Waals surface area contributed by atoms with Gasteiger partial charge in [0.25, 0.3) is 0 Å². The Kier molecular flexibility index (Phi) is 5.51. The number of aromatic hydroxyl groups is 1. The van der Waals surface area contributed by atoms with E-state index in [-0.39, 0.29) is 17.9 Å². The summed E-state index contributed by atoms with van der Waals surface area (Å²) < 4.78 is 14.4. The minimum Gasteiger partial charge on any atom is -0.511 e. The number of hydrogen-bond donors (Lipinski definition) is 6. The van der Waals surface area contributed by atoms with E-state index in [1.807, 2.05) is 0 Å². The number of phenols is 1. The minimum absolute atomic E-state index is 0.0702. The Balaban J connectivity index is 2.53. The Morgan fingerprint density at radius 1 is 1.28 bits per heavy atom. The van der Waals surface area contributed by atoms with Crippen LogP contribution in [0.2, 0.25) is 0 Å². The first-order valence-corrected chi connectivity index (χ1v) is 9.09. The number of aliphatic hydroxyl groups is 3. The van der Waals surface area contributed by atoms with E-state index in [0.717, 1.165) is 0 Å². The average Bonchev–Trinajstić information content (AvgIpc) is 2.45. The summed E-state index contributed by atoms with van der Waals surface area (Å²) in [6, 6.07) is 5.89. The zero-order valence-corrected chi connectivity index (χ0v) is 14.3. The van der Waals surface area contributed by atoms with Crippen molar-refractivity contribution in [3.8, 4) is 5.75 Å². The van der Waals surface area contributed by atoms with Gasteiger partial charge < -0.3 is 30.2 Å². The van der Waals surface area contributed by atoms with Gasteiger partial charge in [-0.1, -0.05) is 25.1 Å². The van der Waals surface area contributed by atoms with Crippen LogP contribution in [0.4, 0.5) is 0 Å². The van der Waals surface area contributed by atoms with Crippen LogP contribution in [0.25, 0.3) is 0 Å². The van der Waals surface area contributed by atoms with Gasteiger partial charge in [-0.2, -0.15) is 4.76 Å². The molecule has 9 heteroatoms. The zero-order valence-electron chi connectivity index (χ0n) is 13.4. The van der Waals surface area contributed by atoms with Crippen LogP contribution in [-0.4, -0.2) is 41.7 Å². The molecule has 136 valence electrons. The Morgan fingerprint density at radius 3 is 2.52 bits per heavy atom. The van der Waals surface area contributed by atoms with Crippen molar-refractivity contribution >= 4 is 13.5 Å². The Bertz CT molecular complexity index is 778. The van der Waals surface area contributed by atoms with Gasteiger partial charge in [-0.25, -0.2) is 4.57 Å². The molecule has 0 saturated carbocycles. The fraction of sp³-hybridized carbons (Fsp3) is 0.312. The second kappa shape index (κ2) is 7.11. The molecule has 6 N–H and O–H groups in total. The normalized spacial score (nSPS) is 21.2. The molecule has 0 radical (unpaired) electrons. The summed E-state index contributed by atoms with van der Waals surface area (Å²) in [5.74, 6) is -5.69. The summed E-state index contributed by atoms with van der Waals surface area (Å²) in [5.41, 5.74) is 0.0438. The lowest BCUT2D eigenvalue weighted by Gasteiger charge is -2.38. The average molecular weight is 369 g/mol. The molecule has 0 aromatic heterocycles. The lowest BCUT2D eigenvalue weighted by molar-refractivity contribution is -0.199. The maximum Gasteiger partial charge on any atom is 0.448 e. The minimum atomic E-state index is -4.85. The summed E-state index contributed by atoms with van der Waals surface area (Å²) in [4.78, 5) is 18.2. The van der Waals surface area contributed by atoms with Crippen LogP contribution in [0.1, 0.15) is 24.8 Å². The molecular weight excluding hydrogens is 349 g/mol. The third kappa shape index (κ3) is 4.36. The highest BCUT2D eigenvalue weighted by Crippen LogP contribution is 2.43. The van der Waals surface area contributed by atoms with Crippen LogP contribution >= 0.6 is 7.75 Å². The SMILES string of the molecule is CCC(c1cccc(O)c1)C(O)(O)C1C(O)=CC=CC1=NP(=O)(O)O. The quantitative estimate of drug-likeness (QED) is 0.342. The second-order valence-corrected chi connectivity index (χ2v) is 6.99. The van der Waals surface area contributed by atoms with Crippen molar-refractivity contribution in [2.24, 2.45) is 10.7 Å². The summed E-state index contributed by atoms with van der Waals surface area (Å²) in [7, 11) is -4.85. The van der Waals surface area contributed by atoms with Gasteiger partial charge >= 0.3 is 7.75 Å². The summed E-state index contributed by atoms with van der Waals surface area (Å²) >= 11 is 0. The molecule has 0 spiro atoms. The number of phenolic OH excluding ortho intramolecular Hbond substituents is 1. The van der Waals surface area contributed by atoms with Crippen molar-refractivity contribution in [2.75, 3.05) is 0 Å². The van der Waals surface area contributed by atoms with E-state index < -0.39 is 31.1 Å². The van der Waals surface area contributed by atoms with Crippen molar-refractivity contribution in [1.82, 2.24) is 0 Å². The van der Waals surface area contributed by atoms with Gasteiger partial charge in [-0.3, -0.25) is 0 Å². The molecule has 2 rings (SSSR count). The summed E-state index contributed by atoms with van der Waals surface area (Å²) in [6.07, 6.45) is 3.90. The molecule has 1 aliphatic rings. The largest absolute Gasteiger partial charge is 0.511 e. The van der Waals surface area contributed by atoms with Crippen molar-refractivity contribution < 1.29 is 34.8 Å². The molecule has 0 saturated heterocycles. The zero-order chi connectivity index (χ0) is 18.8. The number of benzene rings is 1. The third-order valence-electron chi connectivity index (χ3n) is 3.99. The monoisotopic (exact) mass is 369 g/mol. The van der Waals surface area contributed by atoms with E-state index in [0.29, 0.717) is 5.56 Å². The van der Waals surface area contributed by atoms with Crippen molar-refractivity contribution in [1.29, 1.82) is 0 Å². The molecule has 25 heavy (non-hydrogen) atoms. The smallest absolute Gasteiger partial charge is 0.448 e. The Labute approximate surface area is 144 Å². The predicted molar refractivity (Wildman–Crippen MR) is 91.1 cm³/mol. The number of hydrogen-bond acceptors (Lipinski definition) is 5. The first-order valence-electron chi connectivity index (χ1n) is 7.52. The molecule has 0 fully saturated rings. The molecule has 0 bridgehead atoms. The molecule has 1 aromatic carbocycles. The van der Waals surface area contributed by atoms with E-state index >= 15 is 0 Å². The molecule has 1 aromatic rings. The molecule has 1 aliphatic carbocycles. The highest BCUT2D eigenvalue weighted by molar-refractivity contribution is 7.50. The standard InChI is InChI=1S/C16H20NO7P/c1-2-12(10-5-3-6-11(18)9-10)16(20,21)15-13(17-25(22,23)24)7-4-8-14(15)19/h3-9,12,15,18-21H,2H2,1H3,(H2,22,23,24). The fourth-order valence-corrected chi connectivity index (χ4v) is 3.47. The van der Waals surface area contributed by atoms with Crippen LogP contribution in [-0.2, 0) is 4.57 Å². The first-order chi connectivity index (χ1) is 11.6. The summed E-state index contributed by atoms with van der Waals surface area (Å²) in [5, 5.41) is 41.3. The second-order valence-electron chi connectivity index (χ2n) is 5.76. The van der Waals surface area contributed by atoms with Gasteiger partial charge in [0, 0.05) is 5.92 Å². The van der Waals surface area contributed by atoms with Gasteiger partial charge in [-0.15, -0.1) is 0 Å². The van der Waals surface area contributed by atoms with Gasteiger partial charge in [0.1, 0.15) is 17.4 Å². The molecule has 2 unspecified atom stereocenters. The van der Waals surface area contributed by atoms with Crippen molar-refractivity contribution in [3.05, 3.63) is 53.8 Å². The Hall–Kier alpha value is -1.96.